The zero-order valence-corrected chi connectivity index (χ0v) is 21.4. The van der Waals surface area contributed by atoms with Gasteiger partial charge in [-0.3, -0.25) is 9.59 Å². The molecule has 0 saturated carbocycles. The monoisotopic (exact) mass is 538 g/mol. The summed E-state index contributed by atoms with van der Waals surface area (Å²) >= 11 is 0. The second-order valence-corrected chi connectivity index (χ2v) is 8.10. The van der Waals surface area contributed by atoms with Gasteiger partial charge in [-0.1, -0.05) is 0 Å². The van der Waals surface area contributed by atoms with Crippen LogP contribution in [-0.2, 0) is 4.74 Å². The Kier molecular flexibility index (Phi) is 9.36. The fourth-order valence-corrected chi connectivity index (χ4v) is 3.91. The number of benzene rings is 2. The van der Waals surface area contributed by atoms with Crippen molar-refractivity contribution < 1.29 is 63.2 Å². The molecule has 0 aromatic heterocycles. The number of aliphatic hydroxyl groups excluding tert-OH is 4. The second-order valence-electron chi connectivity index (χ2n) is 8.10. The number of aliphatic hydroxyl groups is 4. The Bertz CT molecular complexity index is 1140. The highest BCUT2D eigenvalue weighted by molar-refractivity contribution is 6.49. The Morgan fingerprint density at radius 3 is 1.50 bits per heavy atom. The molecule has 1 saturated heterocycles. The molecule has 1 aliphatic heterocycles. The first kappa shape index (κ1) is 28.9. The van der Waals surface area contributed by atoms with Crippen LogP contribution in [0.5, 0.6) is 34.5 Å². The molecule has 2 aromatic carbocycles. The topological polar surface area (TPSA) is 180 Å². The van der Waals surface area contributed by atoms with Gasteiger partial charge in [-0.05, 0) is 24.3 Å². The molecule has 0 amide bonds. The van der Waals surface area contributed by atoms with Crippen LogP contribution in [0.4, 0.5) is 0 Å². The lowest BCUT2D eigenvalue weighted by molar-refractivity contribution is -0.277. The van der Waals surface area contributed by atoms with Gasteiger partial charge in [-0.15, -0.1) is 0 Å². The van der Waals surface area contributed by atoms with Crippen LogP contribution >= 0.6 is 0 Å². The first-order chi connectivity index (χ1) is 18.1. The Hall–Kier alpha value is -3.62. The van der Waals surface area contributed by atoms with Crippen molar-refractivity contribution in [3.8, 4) is 34.5 Å². The van der Waals surface area contributed by atoms with E-state index >= 15 is 0 Å². The predicted octanol–water partition coefficient (Wildman–Crippen LogP) is -0.0261. The van der Waals surface area contributed by atoms with Gasteiger partial charge in [0, 0.05) is 11.1 Å². The number of rotatable bonds is 11. The van der Waals surface area contributed by atoms with Crippen molar-refractivity contribution in [3.05, 3.63) is 35.4 Å². The van der Waals surface area contributed by atoms with Crippen molar-refractivity contribution in [1.82, 2.24) is 0 Å². The van der Waals surface area contributed by atoms with Gasteiger partial charge in [0.2, 0.25) is 29.4 Å². The third kappa shape index (κ3) is 5.47. The summed E-state index contributed by atoms with van der Waals surface area (Å²) in [4.78, 5) is 26.4. The van der Waals surface area contributed by atoms with Crippen molar-refractivity contribution in [2.45, 2.75) is 30.7 Å². The Balaban J connectivity index is 2.01. The van der Waals surface area contributed by atoms with Crippen LogP contribution < -0.4 is 28.4 Å². The molecule has 0 unspecified atom stereocenters. The lowest BCUT2D eigenvalue weighted by Gasteiger charge is -2.39. The summed E-state index contributed by atoms with van der Waals surface area (Å²) in [7, 11) is 6.72. The molecule has 0 aliphatic carbocycles. The van der Waals surface area contributed by atoms with E-state index in [1.54, 1.807) is 0 Å². The van der Waals surface area contributed by atoms with Crippen LogP contribution in [0.25, 0.3) is 0 Å². The SMILES string of the molecule is COc1cc(C(=O)C(=O)c2cc(OC)c(OC)c(O[C@@H]3O[C@H](CO)[C@@H](O)[C@H](O)[C@H]3O)c2)cc(OC)c1OC. The average Bonchev–Trinajstić information content (AvgIpc) is 2.94. The highest BCUT2D eigenvalue weighted by Gasteiger charge is 2.45. The van der Waals surface area contributed by atoms with Crippen LogP contribution in [0.15, 0.2) is 24.3 Å². The smallest absolute Gasteiger partial charge is 0.233 e. The molecule has 3 rings (SSSR count). The van der Waals surface area contributed by atoms with E-state index in [4.69, 9.17) is 33.2 Å². The van der Waals surface area contributed by atoms with Crippen LogP contribution in [0.1, 0.15) is 20.7 Å². The summed E-state index contributed by atoms with van der Waals surface area (Å²) < 4.78 is 37.4. The van der Waals surface area contributed by atoms with Crippen molar-refractivity contribution in [2.24, 2.45) is 0 Å². The number of carbonyl (C=O) groups is 2. The fraction of sp³-hybridized carbons (Fsp3) is 0.440. The maximum atomic E-state index is 13.3. The minimum atomic E-state index is -1.73. The number of Topliss-reactive ketones (excluding diaryl/α,β-unsaturated/α-hetero) is 2. The molecule has 1 fully saturated rings. The third-order valence-electron chi connectivity index (χ3n) is 5.93. The minimum Gasteiger partial charge on any atom is -0.493 e. The molecule has 4 N–H and O–H groups in total. The number of hydrogen-bond acceptors (Lipinski definition) is 13. The maximum absolute atomic E-state index is 13.3. The van der Waals surface area contributed by atoms with E-state index in [0.29, 0.717) is 0 Å². The van der Waals surface area contributed by atoms with Gasteiger partial charge >= 0.3 is 0 Å². The van der Waals surface area contributed by atoms with E-state index in [1.807, 2.05) is 0 Å². The van der Waals surface area contributed by atoms with E-state index in [0.717, 1.165) is 0 Å². The maximum Gasteiger partial charge on any atom is 0.233 e. The molecule has 0 bridgehead atoms. The van der Waals surface area contributed by atoms with Crippen molar-refractivity contribution in [1.29, 1.82) is 0 Å². The summed E-state index contributed by atoms with van der Waals surface area (Å²) in [5.41, 5.74) is -0.211. The standard InChI is InChI=1S/C25H30O13/c1-32-13-6-11(7-14(33-2)23(13)35-4)18(27)19(28)12-8-15(34-3)24(36-5)16(9-12)37-25-22(31)21(30)20(29)17(10-26)38-25/h6-9,17,20-22,25-26,29-31H,10H2,1-5H3/t17-,20-,21+,22-,25-/m1/s1. The lowest BCUT2D eigenvalue weighted by atomic mass is 9.99. The molecule has 2 aromatic rings. The highest BCUT2D eigenvalue weighted by Crippen LogP contribution is 2.41. The minimum absolute atomic E-state index is 0.00985. The summed E-state index contributed by atoms with van der Waals surface area (Å²) in [5, 5.41) is 39.9. The van der Waals surface area contributed by atoms with Crippen LogP contribution in [0.3, 0.4) is 0 Å². The molecule has 1 heterocycles. The van der Waals surface area contributed by atoms with Gasteiger partial charge in [-0.25, -0.2) is 0 Å². The normalized spacial score (nSPS) is 22.8. The Morgan fingerprint density at radius 2 is 1.11 bits per heavy atom. The highest BCUT2D eigenvalue weighted by atomic mass is 16.7. The largest absolute Gasteiger partial charge is 0.493 e. The van der Waals surface area contributed by atoms with Gasteiger partial charge in [0.05, 0.1) is 42.2 Å². The number of ketones is 2. The zero-order chi connectivity index (χ0) is 28.1. The summed E-state index contributed by atoms with van der Waals surface area (Å²) in [5.74, 6) is -1.49. The second kappa shape index (κ2) is 12.3. The molecule has 0 radical (unpaired) electrons. The third-order valence-corrected chi connectivity index (χ3v) is 5.93. The molecule has 38 heavy (non-hydrogen) atoms. The predicted molar refractivity (Wildman–Crippen MR) is 129 cm³/mol. The van der Waals surface area contributed by atoms with Crippen LogP contribution in [0.2, 0.25) is 0 Å². The van der Waals surface area contributed by atoms with Gasteiger partial charge in [-0.2, -0.15) is 0 Å². The number of carbonyl (C=O) groups excluding carboxylic acids is 2. The molecule has 13 heteroatoms. The first-order valence-corrected chi connectivity index (χ1v) is 11.3. The molecular formula is C25H30O13. The summed E-state index contributed by atoms with van der Waals surface area (Å²) in [6.45, 7) is -0.674. The molecular weight excluding hydrogens is 508 g/mol. The Morgan fingerprint density at radius 1 is 0.684 bits per heavy atom. The molecule has 0 spiro atoms. The zero-order valence-electron chi connectivity index (χ0n) is 21.4. The average molecular weight is 539 g/mol. The molecule has 208 valence electrons. The molecule has 13 nitrogen and oxygen atoms in total. The number of ether oxygens (including phenoxy) is 7. The van der Waals surface area contributed by atoms with Gasteiger partial charge < -0.3 is 53.6 Å². The summed E-state index contributed by atoms with van der Waals surface area (Å²) in [6.07, 6.45) is -7.86. The van der Waals surface area contributed by atoms with Gasteiger partial charge in [0.15, 0.2) is 23.0 Å². The van der Waals surface area contributed by atoms with Gasteiger partial charge in [0.25, 0.3) is 0 Å². The van der Waals surface area contributed by atoms with E-state index in [2.05, 4.69) is 0 Å². The lowest BCUT2D eigenvalue weighted by Crippen LogP contribution is -2.60. The quantitative estimate of drug-likeness (QED) is 0.222. The number of hydrogen-bond donors (Lipinski definition) is 4. The Labute approximate surface area is 218 Å². The number of methoxy groups -OCH3 is 5. The van der Waals surface area contributed by atoms with Gasteiger partial charge in [0.1, 0.15) is 24.4 Å². The van der Waals surface area contributed by atoms with E-state index in [9.17, 15) is 30.0 Å². The van der Waals surface area contributed by atoms with Crippen LogP contribution in [-0.4, -0.2) is 105 Å². The van der Waals surface area contributed by atoms with E-state index in [1.165, 1.54) is 59.8 Å². The van der Waals surface area contributed by atoms with Crippen molar-refractivity contribution in [2.75, 3.05) is 42.2 Å². The van der Waals surface area contributed by atoms with Crippen LogP contribution in [0, 0.1) is 0 Å². The molecule has 5 atom stereocenters. The van der Waals surface area contributed by atoms with Crippen molar-refractivity contribution in [3.63, 3.8) is 0 Å². The molecule has 1 aliphatic rings. The summed E-state index contributed by atoms with van der Waals surface area (Å²) in [6, 6.07) is 5.08. The van der Waals surface area contributed by atoms with Crippen molar-refractivity contribution >= 4 is 11.6 Å². The first-order valence-electron chi connectivity index (χ1n) is 11.3. The van der Waals surface area contributed by atoms with E-state index < -0.39 is 48.9 Å². The fourth-order valence-electron chi connectivity index (χ4n) is 3.91. The van der Waals surface area contributed by atoms with E-state index in [-0.39, 0.29) is 45.6 Å².